The van der Waals surface area contributed by atoms with Gasteiger partial charge in [-0.05, 0) is 49.4 Å². The molecule has 3 aromatic carbocycles. The molecule has 0 fully saturated rings. The van der Waals surface area contributed by atoms with E-state index in [-0.39, 0.29) is 21.5 Å². The van der Waals surface area contributed by atoms with Crippen LogP contribution in [-0.4, -0.2) is 32.1 Å². The maximum Gasteiger partial charge on any atom is 0.337 e. The fourth-order valence-corrected chi connectivity index (χ4v) is 5.97. The Labute approximate surface area is 201 Å². The molecule has 7 nitrogen and oxygen atoms in total. The molecule has 174 valence electrons. The summed E-state index contributed by atoms with van der Waals surface area (Å²) in [6, 6.07) is 16.2. The van der Waals surface area contributed by atoms with Gasteiger partial charge in [0.2, 0.25) is 0 Å². The zero-order chi connectivity index (χ0) is 24.2. The van der Waals surface area contributed by atoms with Gasteiger partial charge in [0.25, 0.3) is 10.0 Å². The molecule has 34 heavy (non-hydrogen) atoms. The Morgan fingerprint density at radius 2 is 1.85 bits per heavy atom. The first kappa shape index (κ1) is 22.5. The van der Waals surface area contributed by atoms with Crippen LogP contribution in [0.3, 0.4) is 0 Å². The number of ether oxygens (including phenoxy) is 2. The Bertz CT molecular complexity index is 1560. The molecule has 1 aromatic heterocycles. The third kappa shape index (κ3) is 3.55. The molecular weight excluding hydrogens is 476 g/mol. The first-order chi connectivity index (χ1) is 16.2. The minimum absolute atomic E-state index is 0.130. The van der Waals surface area contributed by atoms with Gasteiger partial charge in [0.15, 0.2) is 0 Å². The van der Waals surface area contributed by atoms with Gasteiger partial charge in [-0.1, -0.05) is 35.4 Å². The SMILES string of the molecule is COC(=O)c1cc(Cl)cc(-c2cc3c4c(ccc3n2S(=O)(=O)c2ccc(C)cc2)C(N)CO4)c1. The largest absolute Gasteiger partial charge is 0.491 e. The number of nitrogens with zero attached hydrogens (tertiary/aromatic N) is 1. The molecule has 5 rings (SSSR count). The number of benzene rings is 3. The molecule has 1 aliphatic heterocycles. The van der Waals surface area contributed by atoms with Gasteiger partial charge >= 0.3 is 5.97 Å². The highest BCUT2D eigenvalue weighted by Gasteiger charge is 2.30. The van der Waals surface area contributed by atoms with Crippen LogP contribution in [0.15, 0.2) is 65.6 Å². The maximum absolute atomic E-state index is 13.9. The van der Waals surface area contributed by atoms with Crippen LogP contribution in [0.25, 0.3) is 22.2 Å². The topological polar surface area (TPSA) is 101 Å². The van der Waals surface area contributed by atoms with Crippen molar-refractivity contribution in [3.05, 3.63) is 82.4 Å². The number of rotatable bonds is 4. The number of carbonyl (C=O) groups excluding carboxylic acids is 1. The highest BCUT2D eigenvalue weighted by atomic mass is 35.5. The van der Waals surface area contributed by atoms with Crippen LogP contribution in [0.4, 0.5) is 0 Å². The number of aryl methyl sites for hydroxylation is 1. The molecule has 0 bridgehead atoms. The quantitative estimate of drug-likeness (QED) is 0.411. The Hall–Kier alpha value is -3.33. The van der Waals surface area contributed by atoms with Crippen LogP contribution >= 0.6 is 11.6 Å². The Balaban J connectivity index is 1.84. The standard InChI is InChI=1S/C25H21ClN2O5S/c1-14-3-5-18(6-4-14)34(30,31)28-22-8-7-19-21(27)13-33-24(19)20(22)12-23(28)15-9-16(25(29)32-2)11-17(26)10-15/h3-12,21H,13,27H2,1-2H3. The lowest BCUT2D eigenvalue weighted by atomic mass is 10.1. The number of carbonyl (C=O) groups is 1. The number of fused-ring (bicyclic) bond motifs is 3. The van der Waals surface area contributed by atoms with E-state index in [0.717, 1.165) is 11.1 Å². The van der Waals surface area contributed by atoms with Crippen molar-refractivity contribution in [2.45, 2.75) is 17.9 Å². The second-order valence-corrected chi connectivity index (χ2v) is 10.4. The molecule has 0 saturated heterocycles. The number of halogens is 1. The Morgan fingerprint density at radius 1 is 1.12 bits per heavy atom. The molecule has 0 saturated carbocycles. The van der Waals surface area contributed by atoms with E-state index in [0.29, 0.717) is 34.5 Å². The maximum atomic E-state index is 13.9. The van der Waals surface area contributed by atoms with E-state index in [1.807, 2.05) is 6.92 Å². The van der Waals surface area contributed by atoms with Crippen molar-refractivity contribution < 1.29 is 22.7 Å². The second-order valence-electron chi connectivity index (χ2n) is 8.17. The van der Waals surface area contributed by atoms with Crippen molar-refractivity contribution in [1.29, 1.82) is 0 Å². The summed E-state index contributed by atoms with van der Waals surface area (Å²) >= 11 is 6.31. The molecule has 0 amide bonds. The van der Waals surface area contributed by atoms with Crippen molar-refractivity contribution in [1.82, 2.24) is 3.97 Å². The van der Waals surface area contributed by atoms with E-state index < -0.39 is 16.0 Å². The van der Waals surface area contributed by atoms with E-state index in [4.69, 9.17) is 26.8 Å². The lowest BCUT2D eigenvalue weighted by molar-refractivity contribution is 0.0600. The number of aromatic nitrogens is 1. The first-order valence-corrected chi connectivity index (χ1v) is 12.3. The van der Waals surface area contributed by atoms with E-state index in [1.165, 1.54) is 17.1 Å². The highest BCUT2D eigenvalue weighted by Crippen LogP contribution is 2.43. The fraction of sp³-hybridized carbons (Fsp3) is 0.160. The summed E-state index contributed by atoms with van der Waals surface area (Å²) < 4.78 is 39.7. The summed E-state index contributed by atoms with van der Waals surface area (Å²) in [6.45, 7) is 2.19. The van der Waals surface area contributed by atoms with Gasteiger partial charge in [-0.25, -0.2) is 17.2 Å². The smallest absolute Gasteiger partial charge is 0.337 e. The molecule has 0 spiro atoms. The fourth-order valence-electron chi connectivity index (χ4n) is 4.21. The van der Waals surface area contributed by atoms with Crippen LogP contribution in [0.1, 0.15) is 27.5 Å². The molecule has 0 aliphatic carbocycles. The lowest BCUT2D eigenvalue weighted by Crippen LogP contribution is -2.14. The summed E-state index contributed by atoms with van der Waals surface area (Å²) in [7, 11) is -2.76. The van der Waals surface area contributed by atoms with Gasteiger partial charge in [0.1, 0.15) is 12.4 Å². The molecule has 2 N–H and O–H groups in total. The summed E-state index contributed by atoms with van der Waals surface area (Å²) in [5.74, 6) is -0.0256. The normalized spacial score (nSPS) is 15.2. The van der Waals surface area contributed by atoms with E-state index >= 15 is 0 Å². The van der Waals surface area contributed by atoms with E-state index in [2.05, 4.69) is 0 Å². The molecule has 9 heteroatoms. The first-order valence-electron chi connectivity index (χ1n) is 10.5. The number of esters is 1. The van der Waals surface area contributed by atoms with Crippen molar-refractivity contribution in [3.8, 4) is 17.0 Å². The lowest BCUT2D eigenvalue weighted by Gasteiger charge is -2.14. The Morgan fingerprint density at radius 3 is 2.56 bits per heavy atom. The summed E-state index contributed by atoms with van der Waals surface area (Å²) in [6.07, 6.45) is 0. The zero-order valence-electron chi connectivity index (χ0n) is 18.4. The Kier molecular flexibility index (Phi) is 5.39. The summed E-state index contributed by atoms with van der Waals surface area (Å²) in [4.78, 5) is 12.3. The second kappa shape index (κ2) is 8.16. The molecule has 2 heterocycles. The van der Waals surface area contributed by atoms with Gasteiger partial charge in [-0.15, -0.1) is 0 Å². The predicted octanol–water partition coefficient (Wildman–Crippen LogP) is 4.69. The van der Waals surface area contributed by atoms with Crippen LogP contribution in [0.2, 0.25) is 5.02 Å². The number of hydrogen-bond acceptors (Lipinski definition) is 6. The van der Waals surface area contributed by atoms with Gasteiger partial charge in [0, 0.05) is 21.5 Å². The van der Waals surface area contributed by atoms with Crippen molar-refractivity contribution in [3.63, 3.8) is 0 Å². The van der Waals surface area contributed by atoms with Crippen LogP contribution in [0.5, 0.6) is 5.75 Å². The summed E-state index contributed by atoms with van der Waals surface area (Å²) in [5, 5.41) is 0.877. The van der Waals surface area contributed by atoms with Gasteiger partial charge in [-0.3, -0.25) is 0 Å². The van der Waals surface area contributed by atoms with Gasteiger partial charge in [-0.2, -0.15) is 0 Å². The third-order valence-electron chi connectivity index (χ3n) is 5.90. The minimum atomic E-state index is -4.03. The third-order valence-corrected chi connectivity index (χ3v) is 7.86. The van der Waals surface area contributed by atoms with Crippen LogP contribution < -0.4 is 10.5 Å². The van der Waals surface area contributed by atoms with Crippen molar-refractivity contribution in [2.75, 3.05) is 13.7 Å². The van der Waals surface area contributed by atoms with Crippen LogP contribution in [0, 0.1) is 6.92 Å². The minimum Gasteiger partial charge on any atom is -0.491 e. The van der Waals surface area contributed by atoms with Crippen molar-refractivity contribution in [2.24, 2.45) is 5.73 Å². The zero-order valence-corrected chi connectivity index (χ0v) is 20.0. The van der Waals surface area contributed by atoms with Crippen LogP contribution in [-0.2, 0) is 14.8 Å². The molecule has 1 atom stereocenters. The van der Waals surface area contributed by atoms with E-state index in [1.54, 1.807) is 54.6 Å². The molecule has 4 aromatic rings. The average molecular weight is 497 g/mol. The molecule has 1 unspecified atom stereocenters. The molecule has 1 aliphatic rings. The van der Waals surface area contributed by atoms with Gasteiger partial charge in [0.05, 0.1) is 34.8 Å². The number of nitrogens with two attached hydrogens (primary N) is 1. The van der Waals surface area contributed by atoms with E-state index in [9.17, 15) is 13.2 Å². The number of methoxy groups -OCH3 is 1. The molecule has 0 radical (unpaired) electrons. The monoisotopic (exact) mass is 496 g/mol. The van der Waals surface area contributed by atoms with Crippen molar-refractivity contribution >= 4 is 38.5 Å². The predicted molar refractivity (Wildman–Crippen MR) is 130 cm³/mol. The highest BCUT2D eigenvalue weighted by molar-refractivity contribution is 7.90. The average Bonchev–Trinajstić information content (AvgIpc) is 3.39. The van der Waals surface area contributed by atoms with Gasteiger partial charge < -0.3 is 15.2 Å². The number of hydrogen-bond donors (Lipinski definition) is 1. The molecular formula is C25H21ClN2O5S. The summed E-state index contributed by atoms with van der Waals surface area (Å²) in [5.41, 5.74) is 9.32.